The fourth-order valence-electron chi connectivity index (χ4n) is 1.36. The summed E-state index contributed by atoms with van der Waals surface area (Å²) < 4.78 is 0. The minimum Gasteiger partial charge on any atom is -0.396 e. The van der Waals surface area contributed by atoms with Gasteiger partial charge in [-0.3, -0.25) is 17.7 Å². The predicted octanol–water partition coefficient (Wildman–Crippen LogP) is 2.70. The van der Waals surface area contributed by atoms with Crippen molar-refractivity contribution >= 4 is 5.57 Å². The summed E-state index contributed by atoms with van der Waals surface area (Å²) in [4.78, 5) is 0. The van der Waals surface area contributed by atoms with Gasteiger partial charge in [0.25, 0.3) is 0 Å². The first-order valence-corrected chi connectivity index (χ1v) is 4.94. The van der Waals surface area contributed by atoms with Crippen molar-refractivity contribution in [1.82, 2.24) is 0 Å². The van der Waals surface area contributed by atoms with Gasteiger partial charge < -0.3 is 5.11 Å². The molecule has 1 aromatic rings. The summed E-state index contributed by atoms with van der Waals surface area (Å²) in [6.07, 6.45) is 1.82. The Kier molecular flexibility index (Phi) is 20.9. The van der Waals surface area contributed by atoms with Crippen molar-refractivity contribution in [3.8, 4) is 0 Å². The second-order valence-corrected chi connectivity index (χ2v) is 3.47. The normalized spacial score (nSPS) is 10.2. The van der Waals surface area contributed by atoms with Crippen LogP contribution >= 0.6 is 0 Å². The molecule has 0 aliphatic rings. The van der Waals surface area contributed by atoms with Gasteiger partial charge in [-0.15, -0.1) is 0 Å². The van der Waals surface area contributed by atoms with E-state index in [1.165, 1.54) is 0 Å². The van der Waals surface area contributed by atoms with Crippen LogP contribution in [0.1, 0.15) is 25.3 Å². The van der Waals surface area contributed by atoms with Gasteiger partial charge in [0.2, 0.25) is 0 Å². The topological polar surface area (TPSA) is 20.2 Å². The quantitative estimate of drug-likeness (QED) is 0.678. The van der Waals surface area contributed by atoms with E-state index in [0.717, 1.165) is 24.0 Å². The van der Waals surface area contributed by atoms with Crippen LogP contribution in [-0.4, -0.2) is 11.7 Å². The van der Waals surface area contributed by atoms with E-state index in [-0.39, 0.29) is 105 Å². The van der Waals surface area contributed by atoms with Gasteiger partial charge >= 0.3 is 0 Å². The second kappa shape index (κ2) is 14.6. The molecule has 0 amide bonds. The Hall–Kier alpha value is 2.23. The van der Waals surface area contributed by atoms with Crippen LogP contribution in [0.3, 0.4) is 0 Å². The van der Waals surface area contributed by atoms with Crippen LogP contribution in [0.4, 0.5) is 0 Å². The van der Waals surface area contributed by atoms with Crippen molar-refractivity contribution in [2.24, 2.45) is 5.92 Å². The van der Waals surface area contributed by atoms with Crippen molar-refractivity contribution in [3.05, 3.63) is 42.5 Å². The molecule has 0 bridgehead atoms. The van der Waals surface area contributed by atoms with Crippen molar-refractivity contribution in [1.29, 1.82) is 0 Å². The molecule has 0 aliphatic heterocycles. The molecule has 1 N–H and O–H groups in total. The third-order valence-electron chi connectivity index (χ3n) is 2.41. The molecule has 85 valence electrons. The summed E-state index contributed by atoms with van der Waals surface area (Å²) in [7, 11) is 0. The minimum atomic E-state index is 0. The van der Waals surface area contributed by atoms with Gasteiger partial charge in [0.15, 0.2) is 0 Å². The van der Waals surface area contributed by atoms with Crippen LogP contribution in [0.2, 0.25) is 0 Å². The molecule has 3 radical (unpaired) electrons. The Balaban J connectivity index is -0.000000653. The fraction of sp³-hybridized carbons (Fsp3) is 0.385. The maximum absolute atomic E-state index is 9.06. The molecule has 0 aliphatic carbocycles. The molecule has 0 saturated heterocycles. The van der Waals surface area contributed by atoms with E-state index in [1.54, 1.807) is 6.07 Å². The molecule has 1 nitrogen and oxygen atoms in total. The zero-order valence-corrected chi connectivity index (χ0v) is 18.8. The number of hydrogen-bond donors (Lipinski definition) is 1. The minimum absolute atomic E-state index is 0. The maximum atomic E-state index is 9.06. The zero-order valence-electron chi connectivity index (χ0n) is 10.3. The van der Waals surface area contributed by atoms with E-state index in [2.05, 4.69) is 25.6 Å². The molecule has 0 fully saturated rings. The predicted molar refractivity (Wildman–Crippen MR) is 58.6 cm³/mol. The number of benzene rings is 1. The fourth-order valence-corrected chi connectivity index (χ4v) is 1.36. The van der Waals surface area contributed by atoms with Crippen molar-refractivity contribution in [3.63, 3.8) is 0 Å². The maximum Gasteiger partial charge on any atom is 0.0448 e. The van der Waals surface area contributed by atoms with Gasteiger partial charge in [-0.05, 0) is 5.92 Å². The summed E-state index contributed by atoms with van der Waals surface area (Å²) in [5.74, 6) is 0.320. The summed E-state index contributed by atoms with van der Waals surface area (Å²) >= 11 is 0. The van der Waals surface area contributed by atoms with E-state index in [9.17, 15) is 0 Å². The van der Waals surface area contributed by atoms with Gasteiger partial charge in [-0.1, -0.05) is 19.8 Å². The van der Waals surface area contributed by atoms with Crippen molar-refractivity contribution < 1.29 is 103 Å². The van der Waals surface area contributed by atoms with Crippen molar-refractivity contribution in [2.45, 2.75) is 19.8 Å². The van der Waals surface area contributed by atoms with Gasteiger partial charge in [0, 0.05) is 105 Å². The molecule has 17 heavy (non-hydrogen) atoms. The molecule has 0 spiro atoms. The summed E-state index contributed by atoms with van der Waals surface area (Å²) in [6.45, 7) is 6.32. The van der Waals surface area contributed by atoms with Crippen LogP contribution in [0.25, 0.3) is 5.57 Å². The SMILES string of the molecule is C=C(CC(CC)CO)c1[c-]c[c-]cc1.[Y].[Y].[Y]. The van der Waals surface area contributed by atoms with Crippen LogP contribution in [-0.2, 0) is 98.1 Å². The number of aliphatic hydroxyl groups is 1. The standard InChI is InChI=1S/C13H16O.3Y/c1-3-12(10-14)9-11(2)13-7-5-4-6-8-13;;;/h5-7,12,14H,2-3,9-10H2,1H3;;;/q-2;;;. The average molecular weight is 455 g/mol. The van der Waals surface area contributed by atoms with Gasteiger partial charge in [0.05, 0.1) is 0 Å². The Morgan fingerprint density at radius 3 is 2.47 bits per heavy atom. The van der Waals surface area contributed by atoms with Crippen LogP contribution in [0.15, 0.2) is 24.8 Å². The largest absolute Gasteiger partial charge is 0.396 e. The van der Waals surface area contributed by atoms with E-state index in [1.807, 2.05) is 12.1 Å². The number of aliphatic hydroxyl groups excluding tert-OH is 1. The molecular weight excluding hydrogens is 439 g/mol. The molecule has 1 rings (SSSR count). The molecule has 0 saturated carbocycles. The van der Waals surface area contributed by atoms with E-state index in [4.69, 9.17) is 5.11 Å². The van der Waals surface area contributed by atoms with E-state index >= 15 is 0 Å². The third-order valence-corrected chi connectivity index (χ3v) is 2.41. The zero-order chi connectivity index (χ0) is 10.4. The van der Waals surface area contributed by atoms with Gasteiger partial charge in [-0.25, -0.2) is 23.8 Å². The first kappa shape index (κ1) is 24.3. The average Bonchev–Trinajstić information content (AvgIpc) is 2.26. The smallest absolute Gasteiger partial charge is 0.0448 e. The van der Waals surface area contributed by atoms with Crippen LogP contribution in [0.5, 0.6) is 0 Å². The second-order valence-electron chi connectivity index (χ2n) is 3.47. The Bertz CT molecular complexity index is 284. The number of rotatable bonds is 5. The third kappa shape index (κ3) is 9.72. The monoisotopic (exact) mass is 455 g/mol. The molecule has 0 heterocycles. The number of allylic oxidation sites excluding steroid dienone is 1. The summed E-state index contributed by atoms with van der Waals surface area (Å²) in [6, 6.07) is 11.6. The molecular formula is C13H16OY3-2. The Morgan fingerprint density at radius 1 is 1.41 bits per heavy atom. The number of hydrogen-bond acceptors (Lipinski definition) is 1. The summed E-state index contributed by atoms with van der Waals surface area (Å²) in [5.41, 5.74) is 2.07. The molecule has 4 heteroatoms. The van der Waals surface area contributed by atoms with E-state index in [0.29, 0.717) is 5.92 Å². The van der Waals surface area contributed by atoms with Gasteiger partial charge in [0.1, 0.15) is 0 Å². The molecule has 1 unspecified atom stereocenters. The summed E-state index contributed by atoms with van der Waals surface area (Å²) in [5, 5.41) is 9.06. The molecule has 1 aromatic carbocycles. The first-order valence-electron chi connectivity index (χ1n) is 4.94. The molecule has 1 atom stereocenters. The van der Waals surface area contributed by atoms with Gasteiger partial charge in [-0.2, -0.15) is 6.58 Å². The Morgan fingerprint density at radius 2 is 2.06 bits per heavy atom. The van der Waals surface area contributed by atoms with Crippen molar-refractivity contribution in [2.75, 3.05) is 6.61 Å². The van der Waals surface area contributed by atoms with Crippen LogP contribution < -0.4 is 0 Å². The Labute approximate surface area is 180 Å². The molecule has 0 aromatic heterocycles. The van der Waals surface area contributed by atoms with E-state index < -0.39 is 0 Å². The first-order chi connectivity index (χ1) is 6.77. The van der Waals surface area contributed by atoms with Crippen LogP contribution in [0, 0.1) is 18.1 Å².